The topological polar surface area (TPSA) is 72.3 Å². The first kappa shape index (κ1) is 21.5. The number of pyridine rings is 1. The van der Waals surface area contributed by atoms with Gasteiger partial charge in [-0.25, -0.2) is 9.97 Å². The Kier molecular flexibility index (Phi) is 5.97. The number of carbonyl (C=O) groups is 1. The monoisotopic (exact) mass is 473 g/mol. The highest BCUT2D eigenvalue weighted by Crippen LogP contribution is 2.34. The molecule has 3 aromatic rings. The molecular weight excluding hydrogens is 449 g/mol. The number of benzene rings is 1. The molecule has 2 aliphatic heterocycles. The van der Waals surface area contributed by atoms with Crippen molar-refractivity contribution in [2.24, 2.45) is 5.92 Å². The van der Waals surface area contributed by atoms with Crippen molar-refractivity contribution in [1.82, 2.24) is 19.9 Å². The van der Waals surface area contributed by atoms with Gasteiger partial charge in [-0.1, -0.05) is 23.2 Å². The van der Waals surface area contributed by atoms with Crippen molar-refractivity contribution in [2.75, 3.05) is 31.2 Å². The molecule has 5 rings (SSSR count). The molecule has 1 amide bonds. The van der Waals surface area contributed by atoms with Gasteiger partial charge in [-0.05, 0) is 56.0 Å². The molecular formula is C23H25Cl2N5O2. The number of anilines is 1. The molecule has 2 aromatic heterocycles. The minimum Gasteiger partial charge on any atom is -0.379 e. The molecule has 0 unspecified atom stereocenters. The molecule has 1 atom stereocenters. The van der Waals surface area contributed by atoms with Crippen LogP contribution in [0.2, 0.25) is 10.0 Å². The number of nitrogens with one attached hydrogen (secondary N) is 1. The van der Waals surface area contributed by atoms with E-state index in [1.165, 1.54) is 0 Å². The van der Waals surface area contributed by atoms with Crippen LogP contribution < -0.4 is 10.2 Å². The Balaban J connectivity index is 1.43. The number of piperidine rings is 1. The van der Waals surface area contributed by atoms with Crippen molar-refractivity contribution in [1.29, 1.82) is 0 Å². The van der Waals surface area contributed by atoms with E-state index in [-0.39, 0.29) is 17.9 Å². The molecule has 4 heterocycles. The summed E-state index contributed by atoms with van der Waals surface area (Å²) in [5, 5.41) is 4.09. The summed E-state index contributed by atoms with van der Waals surface area (Å²) in [7, 11) is 0. The third-order valence-corrected chi connectivity index (χ3v) is 6.96. The Bertz CT molecular complexity index is 1150. The number of imidazole rings is 1. The fourth-order valence-corrected chi connectivity index (χ4v) is 4.77. The molecule has 2 saturated heterocycles. The average Bonchev–Trinajstić information content (AvgIpc) is 3.42. The van der Waals surface area contributed by atoms with Crippen molar-refractivity contribution in [3.8, 4) is 5.82 Å². The van der Waals surface area contributed by atoms with Crippen LogP contribution in [0.1, 0.15) is 24.8 Å². The van der Waals surface area contributed by atoms with E-state index in [1.807, 2.05) is 29.7 Å². The second-order valence-electron chi connectivity index (χ2n) is 8.52. The van der Waals surface area contributed by atoms with Crippen LogP contribution in [0.4, 0.5) is 5.95 Å². The first-order chi connectivity index (χ1) is 15.5. The molecule has 0 aliphatic carbocycles. The van der Waals surface area contributed by atoms with E-state index in [2.05, 4.69) is 15.2 Å². The van der Waals surface area contributed by atoms with Gasteiger partial charge in [-0.2, -0.15) is 0 Å². The van der Waals surface area contributed by atoms with Gasteiger partial charge < -0.3 is 15.0 Å². The van der Waals surface area contributed by atoms with E-state index in [0.29, 0.717) is 16.7 Å². The number of hydrogen-bond acceptors (Lipinski definition) is 5. The number of amides is 1. The Hall–Kier alpha value is -2.35. The number of rotatable bonds is 4. The number of ether oxygens (including phenoxy) is 1. The maximum Gasteiger partial charge on any atom is 0.223 e. The minimum absolute atomic E-state index is 0.00524. The molecule has 0 radical (unpaired) electrons. The zero-order valence-electron chi connectivity index (χ0n) is 17.9. The lowest BCUT2D eigenvalue weighted by Gasteiger charge is -2.32. The first-order valence-electron chi connectivity index (χ1n) is 10.9. The quantitative estimate of drug-likeness (QED) is 0.615. The molecule has 9 heteroatoms. The van der Waals surface area contributed by atoms with Crippen LogP contribution in [0, 0.1) is 12.8 Å². The number of nitrogens with zero attached hydrogens (tertiary/aromatic N) is 4. The molecule has 2 aliphatic rings. The average molecular weight is 474 g/mol. The van der Waals surface area contributed by atoms with Gasteiger partial charge in [-0.3, -0.25) is 9.36 Å². The highest BCUT2D eigenvalue weighted by atomic mass is 35.5. The Morgan fingerprint density at radius 2 is 1.94 bits per heavy atom. The predicted molar refractivity (Wildman–Crippen MR) is 126 cm³/mol. The molecule has 2 fully saturated rings. The lowest BCUT2D eigenvalue weighted by Crippen LogP contribution is -2.44. The summed E-state index contributed by atoms with van der Waals surface area (Å²) in [5.41, 5.74) is 2.72. The third kappa shape index (κ3) is 4.17. The number of halogens is 2. The smallest absolute Gasteiger partial charge is 0.223 e. The minimum atomic E-state index is 0.00524. The van der Waals surface area contributed by atoms with E-state index in [1.54, 1.807) is 12.3 Å². The third-order valence-electron chi connectivity index (χ3n) is 6.23. The number of carbonyl (C=O) groups excluding carboxylic acids is 1. The summed E-state index contributed by atoms with van der Waals surface area (Å²) in [5.74, 6) is 1.71. The number of hydrogen-bond donors (Lipinski definition) is 1. The van der Waals surface area contributed by atoms with Gasteiger partial charge in [0.1, 0.15) is 5.82 Å². The molecule has 0 bridgehead atoms. The van der Waals surface area contributed by atoms with Crippen molar-refractivity contribution in [3.63, 3.8) is 0 Å². The van der Waals surface area contributed by atoms with Gasteiger partial charge in [-0.15, -0.1) is 0 Å². The summed E-state index contributed by atoms with van der Waals surface area (Å²) in [6.45, 7) is 4.84. The summed E-state index contributed by atoms with van der Waals surface area (Å²) in [6, 6.07) is 7.76. The lowest BCUT2D eigenvalue weighted by atomic mass is 9.95. The van der Waals surface area contributed by atoms with Gasteiger partial charge in [0.05, 0.1) is 33.7 Å². The largest absolute Gasteiger partial charge is 0.379 e. The van der Waals surface area contributed by atoms with Crippen LogP contribution in [0.5, 0.6) is 0 Å². The number of fused-ring (bicyclic) bond motifs is 1. The van der Waals surface area contributed by atoms with E-state index in [0.717, 1.165) is 67.3 Å². The van der Waals surface area contributed by atoms with Crippen LogP contribution in [0.15, 0.2) is 30.5 Å². The second kappa shape index (κ2) is 8.89. The van der Waals surface area contributed by atoms with Crippen LogP contribution in [-0.2, 0) is 9.53 Å². The van der Waals surface area contributed by atoms with Gasteiger partial charge in [0.15, 0.2) is 0 Å². The fourth-order valence-electron chi connectivity index (χ4n) is 4.45. The standard InChI is InChI=1S/C23H25Cl2N5O2/c1-14-2-6-26-21(10-14)30-20-12-18(25)17(24)11-19(20)28-23(30)29-7-3-15(4-8-29)22(31)27-16-5-9-32-13-16/h2,6,10-12,15-16H,3-5,7-9,13H2,1H3,(H,27,31)/t16-/m1/s1. The number of aromatic nitrogens is 3. The molecule has 0 saturated carbocycles. The molecule has 7 nitrogen and oxygen atoms in total. The summed E-state index contributed by atoms with van der Waals surface area (Å²) >= 11 is 12.6. The highest BCUT2D eigenvalue weighted by Gasteiger charge is 2.30. The molecule has 168 valence electrons. The Morgan fingerprint density at radius 1 is 1.16 bits per heavy atom. The second-order valence-corrected chi connectivity index (χ2v) is 9.34. The van der Waals surface area contributed by atoms with E-state index >= 15 is 0 Å². The zero-order valence-corrected chi connectivity index (χ0v) is 19.4. The lowest BCUT2D eigenvalue weighted by molar-refractivity contribution is -0.126. The fraction of sp³-hybridized carbons (Fsp3) is 0.435. The molecule has 1 N–H and O–H groups in total. The van der Waals surface area contributed by atoms with Crippen LogP contribution in [-0.4, -0.2) is 52.8 Å². The SMILES string of the molecule is Cc1ccnc(-n2c(N3CCC(C(=O)N[C@@H]4CCOC4)CC3)nc3cc(Cl)c(Cl)cc32)c1. The van der Waals surface area contributed by atoms with Crippen molar-refractivity contribution >= 4 is 46.1 Å². The Labute approximate surface area is 196 Å². The molecule has 0 spiro atoms. The summed E-state index contributed by atoms with van der Waals surface area (Å²) < 4.78 is 7.40. The van der Waals surface area contributed by atoms with E-state index in [9.17, 15) is 4.79 Å². The van der Waals surface area contributed by atoms with Crippen molar-refractivity contribution in [3.05, 3.63) is 46.1 Å². The van der Waals surface area contributed by atoms with Crippen LogP contribution in [0.3, 0.4) is 0 Å². The molecule has 1 aromatic carbocycles. The van der Waals surface area contributed by atoms with E-state index in [4.69, 9.17) is 32.9 Å². The van der Waals surface area contributed by atoms with Gasteiger partial charge in [0.25, 0.3) is 0 Å². The summed E-state index contributed by atoms with van der Waals surface area (Å²) in [4.78, 5) is 24.4. The molecule has 32 heavy (non-hydrogen) atoms. The van der Waals surface area contributed by atoms with Gasteiger partial charge in [0, 0.05) is 31.8 Å². The van der Waals surface area contributed by atoms with Gasteiger partial charge >= 0.3 is 0 Å². The first-order valence-corrected chi connectivity index (χ1v) is 11.7. The maximum absolute atomic E-state index is 12.7. The van der Waals surface area contributed by atoms with Crippen molar-refractivity contribution < 1.29 is 9.53 Å². The van der Waals surface area contributed by atoms with Gasteiger partial charge in [0.2, 0.25) is 11.9 Å². The van der Waals surface area contributed by atoms with E-state index < -0.39 is 0 Å². The Morgan fingerprint density at radius 3 is 2.66 bits per heavy atom. The van der Waals surface area contributed by atoms with Crippen LogP contribution in [0.25, 0.3) is 16.9 Å². The van der Waals surface area contributed by atoms with Crippen LogP contribution >= 0.6 is 23.2 Å². The predicted octanol–water partition coefficient (Wildman–Crippen LogP) is 4.16. The summed E-state index contributed by atoms with van der Waals surface area (Å²) in [6.07, 6.45) is 4.22. The maximum atomic E-state index is 12.7. The van der Waals surface area contributed by atoms with Crippen molar-refractivity contribution in [2.45, 2.75) is 32.2 Å². The zero-order chi connectivity index (χ0) is 22.2. The number of aryl methyl sites for hydroxylation is 1. The normalized spacial score (nSPS) is 19.6. The highest BCUT2D eigenvalue weighted by molar-refractivity contribution is 6.42.